The van der Waals surface area contributed by atoms with Gasteiger partial charge in [-0.2, -0.15) is 4.31 Å². The number of carbonyl (C=O) groups excluding carboxylic acids is 1. The van der Waals surface area contributed by atoms with Crippen molar-refractivity contribution < 1.29 is 13.2 Å². The highest BCUT2D eigenvalue weighted by Gasteiger charge is 2.33. The molecule has 1 unspecified atom stereocenters. The zero-order chi connectivity index (χ0) is 21.0. The molecule has 1 amide bonds. The first-order chi connectivity index (χ1) is 13.8. The molecule has 2 aliphatic rings. The summed E-state index contributed by atoms with van der Waals surface area (Å²) in [5.41, 5.74) is 1.83. The third-order valence-electron chi connectivity index (χ3n) is 6.41. The minimum Gasteiger partial charge on any atom is -0.354 e. The lowest BCUT2D eigenvalue weighted by atomic mass is 9.97. The molecule has 1 atom stereocenters. The van der Waals surface area contributed by atoms with Gasteiger partial charge in [-0.15, -0.1) is 0 Å². The Hall–Kier alpha value is -1.44. The van der Waals surface area contributed by atoms with Gasteiger partial charge in [0.1, 0.15) is 0 Å². The highest BCUT2D eigenvalue weighted by Crippen LogP contribution is 2.26. The lowest BCUT2D eigenvalue weighted by molar-refractivity contribution is -0.126. The number of aryl methyl sites for hydroxylation is 2. The van der Waals surface area contributed by atoms with Gasteiger partial charge in [0.15, 0.2) is 0 Å². The fourth-order valence-electron chi connectivity index (χ4n) is 4.59. The SMILES string of the molecule is CCC(CNC(=O)C1CCN(S(=O)(=O)c2ccc(C)cc2C)CC1)N1CCCC1. The van der Waals surface area contributed by atoms with E-state index >= 15 is 0 Å². The molecule has 3 rings (SSSR count). The Morgan fingerprint density at radius 1 is 1.14 bits per heavy atom. The first-order valence-corrected chi connectivity index (χ1v) is 12.4. The van der Waals surface area contributed by atoms with Gasteiger partial charge in [0.2, 0.25) is 15.9 Å². The average Bonchev–Trinajstić information content (AvgIpc) is 3.23. The minimum absolute atomic E-state index is 0.0752. The molecule has 0 spiro atoms. The van der Waals surface area contributed by atoms with E-state index in [1.54, 1.807) is 6.07 Å². The van der Waals surface area contributed by atoms with Crippen LogP contribution in [0.15, 0.2) is 23.1 Å². The van der Waals surface area contributed by atoms with Crippen molar-refractivity contribution in [2.24, 2.45) is 5.92 Å². The lowest BCUT2D eigenvalue weighted by Crippen LogP contribution is -2.46. The summed E-state index contributed by atoms with van der Waals surface area (Å²) in [6, 6.07) is 5.84. The molecular weight excluding hydrogens is 386 g/mol. The van der Waals surface area contributed by atoms with Crippen molar-refractivity contribution in [1.82, 2.24) is 14.5 Å². The number of piperidine rings is 1. The lowest BCUT2D eigenvalue weighted by Gasteiger charge is -2.32. The van der Waals surface area contributed by atoms with Crippen LogP contribution in [0.1, 0.15) is 50.2 Å². The second kappa shape index (κ2) is 9.58. The molecule has 1 aromatic carbocycles. The number of amides is 1. The molecule has 0 aromatic heterocycles. The average molecular weight is 422 g/mol. The molecule has 2 fully saturated rings. The number of rotatable bonds is 7. The van der Waals surface area contributed by atoms with E-state index < -0.39 is 10.0 Å². The van der Waals surface area contributed by atoms with Gasteiger partial charge in [-0.05, 0) is 70.7 Å². The molecule has 7 heteroatoms. The molecule has 0 saturated carbocycles. The summed E-state index contributed by atoms with van der Waals surface area (Å²) >= 11 is 0. The van der Waals surface area contributed by atoms with E-state index in [9.17, 15) is 13.2 Å². The van der Waals surface area contributed by atoms with Crippen LogP contribution in [0.2, 0.25) is 0 Å². The van der Waals surface area contributed by atoms with Crippen molar-refractivity contribution >= 4 is 15.9 Å². The van der Waals surface area contributed by atoms with E-state index in [2.05, 4.69) is 17.1 Å². The van der Waals surface area contributed by atoms with Crippen LogP contribution in [-0.2, 0) is 14.8 Å². The topological polar surface area (TPSA) is 69.7 Å². The van der Waals surface area contributed by atoms with Gasteiger partial charge < -0.3 is 5.32 Å². The Labute approximate surface area is 175 Å². The van der Waals surface area contributed by atoms with E-state index in [0.29, 0.717) is 43.4 Å². The Morgan fingerprint density at radius 3 is 2.38 bits per heavy atom. The molecule has 0 radical (unpaired) electrons. The van der Waals surface area contributed by atoms with Gasteiger partial charge in [-0.1, -0.05) is 24.6 Å². The highest BCUT2D eigenvalue weighted by atomic mass is 32.2. The summed E-state index contributed by atoms with van der Waals surface area (Å²) < 4.78 is 27.6. The van der Waals surface area contributed by atoms with Crippen LogP contribution in [0.5, 0.6) is 0 Å². The van der Waals surface area contributed by atoms with Crippen molar-refractivity contribution in [3.8, 4) is 0 Å². The molecule has 6 nitrogen and oxygen atoms in total. The predicted molar refractivity (Wildman–Crippen MR) is 115 cm³/mol. The van der Waals surface area contributed by atoms with Crippen molar-refractivity contribution in [3.05, 3.63) is 29.3 Å². The minimum atomic E-state index is -3.50. The molecule has 162 valence electrons. The summed E-state index contributed by atoms with van der Waals surface area (Å²) in [6.45, 7) is 9.72. The van der Waals surface area contributed by atoms with Crippen LogP contribution >= 0.6 is 0 Å². The number of carbonyl (C=O) groups is 1. The molecule has 0 bridgehead atoms. The van der Waals surface area contributed by atoms with Crippen molar-refractivity contribution in [2.45, 2.75) is 63.8 Å². The van der Waals surface area contributed by atoms with Gasteiger partial charge >= 0.3 is 0 Å². The third kappa shape index (κ3) is 5.19. The number of sulfonamides is 1. The Bertz CT molecular complexity index is 811. The number of hydrogen-bond acceptors (Lipinski definition) is 4. The van der Waals surface area contributed by atoms with Gasteiger partial charge in [0.25, 0.3) is 0 Å². The summed E-state index contributed by atoms with van der Waals surface area (Å²) in [5, 5.41) is 3.13. The predicted octanol–water partition coefficient (Wildman–Crippen LogP) is 2.69. The largest absolute Gasteiger partial charge is 0.354 e. The maximum absolute atomic E-state index is 13.0. The first-order valence-electron chi connectivity index (χ1n) is 10.9. The van der Waals surface area contributed by atoms with Gasteiger partial charge in [0, 0.05) is 31.6 Å². The molecule has 2 saturated heterocycles. The Balaban J connectivity index is 1.53. The second-order valence-corrected chi connectivity index (χ2v) is 10.4. The molecule has 29 heavy (non-hydrogen) atoms. The highest BCUT2D eigenvalue weighted by molar-refractivity contribution is 7.89. The molecule has 1 N–H and O–H groups in total. The van der Waals surface area contributed by atoms with E-state index in [0.717, 1.165) is 30.6 Å². The summed E-state index contributed by atoms with van der Waals surface area (Å²) in [7, 11) is -3.50. The number of hydrogen-bond donors (Lipinski definition) is 1. The number of nitrogens with zero attached hydrogens (tertiary/aromatic N) is 2. The van der Waals surface area contributed by atoms with Crippen LogP contribution in [0.25, 0.3) is 0 Å². The second-order valence-electron chi connectivity index (χ2n) is 8.50. The maximum Gasteiger partial charge on any atom is 0.243 e. The third-order valence-corrected chi connectivity index (χ3v) is 8.47. The normalized spacial score (nSPS) is 20.7. The van der Waals surface area contributed by atoms with Crippen LogP contribution in [0, 0.1) is 19.8 Å². The van der Waals surface area contributed by atoms with Gasteiger partial charge in [0.05, 0.1) is 4.90 Å². The number of likely N-dealkylation sites (tertiary alicyclic amines) is 1. The quantitative estimate of drug-likeness (QED) is 0.735. The fourth-order valence-corrected chi connectivity index (χ4v) is 6.26. The Morgan fingerprint density at radius 2 is 1.79 bits per heavy atom. The van der Waals surface area contributed by atoms with Crippen LogP contribution in [0.4, 0.5) is 0 Å². The fraction of sp³-hybridized carbons (Fsp3) is 0.682. The van der Waals surface area contributed by atoms with Crippen LogP contribution in [-0.4, -0.2) is 62.3 Å². The smallest absolute Gasteiger partial charge is 0.243 e. The zero-order valence-electron chi connectivity index (χ0n) is 18.0. The molecule has 0 aliphatic carbocycles. The number of nitrogens with one attached hydrogen (secondary N) is 1. The van der Waals surface area contributed by atoms with Gasteiger partial charge in [-0.25, -0.2) is 8.42 Å². The molecule has 2 heterocycles. The monoisotopic (exact) mass is 421 g/mol. The first kappa shape index (κ1) is 22.2. The Kier molecular flexibility index (Phi) is 7.35. The maximum atomic E-state index is 13.0. The summed E-state index contributed by atoms with van der Waals surface area (Å²) in [6.07, 6.45) is 4.69. The zero-order valence-corrected chi connectivity index (χ0v) is 18.8. The summed E-state index contributed by atoms with van der Waals surface area (Å²) in [5.74, 6) is -0.0251. The molecule has 1 aromatic rings. The molecule has 2 aliphatic heterocycles. The van der Waals surface area contributed by atoms with E-state index in [1.165, 1.54) is 17.1 Å². The van der Waals surface area contributed by atoms with Gasteiger partial charge in [-0.3, -0.25) is 9.69 Å². The van der Waals surface area contributed by atoms with E-state index in [1.807, 2.05) is 26.0 Å². The van der Waals surface area contributed by atoms with Crippen LogP contribution in [0.3, 0.4) is 0 Å². The van der Waals surface area contributed by atoms with Crippen molar-refractivity contribution in [2.75, 3.05) is 32.7 Å². The van der Waals surface area contributed by atoms with Crippen molar-refractivity contribution in [1.29, 1.82) is 0 Å². The molecular formula is C22H35N3O3S. The van der Waals surface area contributed by atoms with E-state index in [4.69, 9.17) is 0 Å². The standard InChI is InChI=1S/C22H35N3O3S/c1-4-20(24-11-5-6-12-24)16-23-22(26)19-9-13-25(14-10-19)29(27,28)21-8-7-17(2)15-18(21)3/h7-8,15,19-20H,4-6,9-14,16H2,1-3H3,(H,23,26). The summed E-state index contributed by atoms with van der Waals surface area (Å²) in [4.78, 5) is 15.5. The van der Waals surface area contributed by atoms with Crippen molar-refractivity contribution in [3.63, 3.8) is 0 Å². The van der Waals surface area contributed by atoms with Crippen LogP contribution < -0.4 is 5.32 Å². The van der Waals surface area contributed by atoms with E-state index in [-0.39, 0.29) is 11.8 Å². The number of benzene rings is 1.